The largest absolute Gasteiger partial charge is 0.399 e. The minimum Gasteiger partial charge on any atom is -0.399 e. The van der Waals surface area contributed by atoms with Crippen molar-refractivity contribution >= 4 is 27.5 Å². The van der Waals surface area contributed by atoms with Gasteiger partial charge in [-0.1, -0.05) is 13.3 Å². The van der Waals surface area contributed by atoms with Gasteiger partial charge in [-0.25, -0.2) is 13.1 Å². The summed E-state index contributed by atoms with van der Waals surface area (Å²) in [7, 11) is -3.51. The van der Waals surface area contributed by atoms with Crippen molar-refractivity contribution in [1.82, 2.24) is 4.72 Å². The standard InChI is InChI=1S/C15H24N2O2S2/c1-4-20-14-7-5-6-13(14)17-21(18,19)15-9-12(16)8-10(2)11(15)3/h8-9,13-14,17H,4-7,16H2,1-3H3. The van der Waals surface area contributed by atoms with Gasteiger partial charge in [-0.3, -0.25) is 0 Å². The Morgan fingerprint density at radius 1 is 1.33 bits per heavy atom. The molecule has 0 amide bonds. The Bertz CT molecular complexity index is 614. The lowest BCUT2D eigenvalue weighted by Crippen LogP contribution is -2.39. The van der Waals surface area contributed by atoms with Gasteiger partial charge in [0.05, 0.1) is 4.90 Å². The van der Waals surface area contributed by atoms with E-state index in [2.05, 4.69) is 11.6 Å². The van der Waals surface area contributed by atoms with Crippen LogP contribution in [0.2, 0.25) is 0 Å². The van der Waals surface area contributed by atoms with E-state index in [0.29, 0.717) is 15.8 Å². The van der Waals surface area contributed by atoms with Gasteiger partial charge in [-0.05, 0) is 55.7 Å². The predicted molar refractivity (Wildman–Crippen MR) is 90.2 cm³/mol. The van der Waals surface area contributed by atoms with E-state index >= 15 is 0 Å². The maximum Gasteiger partial charge on any atom is 0.241 e. The smallest absolute Gasteiger partial charge is 0.241 e. The van der Waals surface area contributed by atoms with Crippen LogP contribution in [0.5, 0.6) is 0 Å². The molecular formula is C15H24N2O2S2. The van der Waals surface area contributed by atoms with Crippen molar-refractivity contribution in [3.8, 4) is 0 Å². The molecule has 2 rings (SSSR count). The van der Waals surface area contributed by atoms with Crippen LogP contribution >= 0.6 is 11.8 Å². The molecule has 0 bridgehead atoms. The van der Waals surface area contributed by atoms with Crippen molar-refractivity contribution in [2.24, 2.45) is 0 Å². The number of rotatable bonds is 5. The van der Waals surface area contributed by atoms with Gasteiger partial charge in [-0.2, -0.15) is 11.8 Å². The molecule has 21 heavy (non-hydrogen) atoms. The Labute approximate surface area is 131 Å². The lowest BCUT2D eigenvalue weighted by atomic mass is 10.1. The van der Waals surface area contributed by atoms with E-state index < -0.39 is 10.0 Å². The monoisotopic (exact) mass is 328 g/mol. The van der Waals surface area contributed by atoms with Crippen LogP contribution in [0.25, 0.3) is 0 Å². The molecule has 0 saturated heterocycles. The van der Waals surface area contributed by atoms with Crippen molar-refractivity contribution in [2.45, 2.75) is 56.2 Å². The third-order valence-electron chi connectivity index (χ3n) is 4.07. The summed E-state index contributed by atoms with van der Waals surface area (Å²) < 4.78 is 28.3. The van der Waals surface area contributed by atoms with Crippen LogP contribution < -0.4 is 10.5 Å². The number of anilines is 1. The second kappa shape index (κ2) is 6.58. The molecule has 0 aliphatic heterocycles. The molecule has 0 spiro atoms. The van der Waals surface area contributed by atoms with Gasteiger partial charge in [0.1, 0.15) is 0 Å². The van der Waals surface area contributed by atoms with Crippen LogP contribution in [0, 0.1) is 13.8 Å². The van der Waals surface area contributed by atoms with Gasteiger partial charge >= 0.3 is 0 Å². The molecule has 1 saturated carbocycles. The van der Waals surface area contributed by atoms with Gasteiger partial charge in [0.2, 0.25) is 10.0 Å². The van der Waals surface area contributed by atoms with E-state index in [0.717, 1.165) is 36.1 Å². The summed E-state index contributed by atoms with van der Waals surface area (Å²) in [5.74, 6) is 1.01. The van der Waals surface area contributed by atoms with Crippen LogP contribution in [0.3, 0.4) is 0 Å². The molecule has 1 aromatic carbocycles. The van der Waals surface area contributed by atoms with Gasteiger partial charge in [-0.15, -0.1) is 0 Å². The number of aryl methyl sites for hydroxylation is 1. The molecule has 1 aliphatic carbocycles. The molecule has 4 nitrogen and oxygen atoms in total. The SMILES string of the molecule is CCSC1CCCC1NS(=O)(=O)c1cc(N)cc(C)c1C. The normalized spacial score (nSPS) is 22.6. The molecule has 1 fully saturated rings. The quantitative estimate of drug-likeness (QED) is 0.815. The molecule has 0 aromatic heterocycles. The number of nitrogen functional groups attached to an aromatic ring is 1. The Kier molecular flexibility index (Phi) is 5.22. The number of thioether (sulfide) groups is 1. The number of nitrogens with two attached hydrogens (primary N) is 1. The van der Waals surface area contributed by atoms with Gasteiger partial charge in [0.25, 0.3) is 0 Å². The second-order valence-corrected chi connectivity index (χ2v) is 8.81. The summed E-state index contributed by atoms with van der Waals surface area (Å²) in [6.45, 7) is 5.83. The number of hydrogen-bond acceptors (Lipinski definition) is 4. The van der Waals surface area contributed by atoms with Gasteiger partial charge in [0, 0.05) is 17.0 Å². The highest BCUT2D eigenvalue weighted by atomic mass is 32.2. The second-order valence-electron chi connectivity index (χ2n) is 5.61. The zero-order valence-corrected chi connectivity index (χ0v) is 14.5. The molecule has 6 heteroatoms. The van der Waals surface area contributed by atoms with Crippen LogP contribution in [0.15, 0.2) is 17.0 Å². The molecular weight excluding hydrogens is 304 g/mol. The van der Waals surface area contributed by atoms with Crippen LogP contribution in [0.4, 0.5) is 5.69 Å². The zero-order chi connectivity index (χ0) is 15.6. The minimum absolute atomic E-state index is 0.0288. The molecule has 3 N–H and O–H groups in total. The maximum atomic E-state index is 12.7. The molecule has 1 aliphatic rings. The zero-order valence-electron chi connectivity index (χ0n) is 12.8. The van der Waals surface area contributed by atoms with E-state index in [-0.39, 0.29) is 6.04 Å². The Hall–Kier alpha value is -0.720. The highest BCUT2D eigenvalue weighted by molar-refractivity contribution is 8.00. The van der Waals surface area contributed by atoms with Gasteiger partial charge in [0.15, 0.2) is 0 Å². The lowest BCUT2D eigenvalue weighted by Gasteiger charge is -2.21. The predicted octanol–water partition coefficient (Wildman–Crippen LogP) is 2.84. The fourth-order valence-corrected chi connectivity index (χ4v) is 5.82. The number of benzene rings is 1. The molecule has 118 valence electrons. The van der Waals surface area contributed by atoms with Crippen LogP contribution in [0.1, 0.15) is 37.3 Å². The molecule has 1 aromatic rings. The highest BCUT2D eigenvalue weighted by Gasteiger charge is 2.32. The van der Waals surface area contributed by atoms with Crippen molar-refractivity contribution in [3.05, 3.63) is 23.3 Å². The fraction of sp³-hybridized carbons (Fsp3) is 0.600. The lowest BCUT2D eigenvalue weighted by molar-refractivity contribution is 0.554. The summed E-state index contributed by atoms with van der Waals surface area (Å²) in [6, 6.07) is 3.39. The topological polar surface area (TPSA) is 72.2 Å². The van der Waals surface area contributed by atoms with Crippen molar-refractivity contribution < 1.29 is 8.42 Å². The molecule has 0 radical (unpaired) electrons. The van der Waals surface area contributed by atoms with E-state index in [9.17, 15) is 8.42 Å². The van der Waals surface area contributed by atoms with E-state index in [1.165, 1.54) is 0 Å². The third kappa shape index (κ3) is 3.73. The number of nitrogens with one attached hydrogen (secondary N) is 1. The van der Waals surface area contributed by atoms with Crippen molar-refractivity contribution in [1.29, 1.82) is 0 Å². The Morgan fingerprint density at radius 2 is 2.05 bits per heavy atom. The third-order valence-corrected chi connectivity index (χ3v) is 7.01. The molecule has 0 heterocycles. The fourth-order valence-electron chi connectivity index (χ4n) is 2.87. The first-order valence-electron chi connectivity index (χ1n) is 7.35. The maximum absolute atomic E-state index is 12.7. The van der Waals surface area contributed by atoms with E-state index in [1.807, 2.05) is 25.6 Å². The first-order chi connectivity index (χ1) is 9.85. The summed E-state index contributed by atoms with van der Waals surface area (Å²) in [5, 5.41) is 0.382. The molecule has 2 atom stereocenters. The van der Waals surface area contributed by atoms with E-state index in [4.69, 9.17) is 5.73 Å². The number of sulfonamides is 1. The summed E-state index contributed by atoms with van der Waals surface area (Å²) in [5.41, 5.74) is 7.98. The first kappa shape index (κ1) is 16.6. The Morgan fingerprint density at radius 3 is 2.71 bits per heavy atom. The minimum atomic E-state index is -3.51. The Balaban J connectivity index is 2.27. The number of hydrogen-bond donors (Lipinski definition) is 2. The summed E-state index contributed by atoms with van der Waals surface area (Å²) in [4.78, 5) is 0.312. The van der Waals surface area contributed by atoms with Crippen LogP contribution in [-0.2, 0) is 10.0 Å². The highest BCUT2D eigenvalue weighted by Crippen LogP contribution is 2.31. The first-order valence-corrected chi connectivity index (χ1v) is 9.89. The average Bonchev–Trinajstić information content (AvgIpc) is 2.81. The van der Waals surface area contributed by atoms with Crippen LogP contribution in [-0.4, -0.2) is 25.5 Å². The van der Waals surface area contributed by atoms with Crippen molar-refractivity contribution in [3.63, 3.8) is 0 Å². The summed E-state index contributed by atoms with van der Waals surface area (Å²) >= 11 is 1.84. The van der Waals surface area contributed by atoms with E-state index in [1.54, 1.807) is 12.1 Å². The molecule has 2 unspecified atom stereocenters. The van der Waals surface area contributed by atoms with Crippen molar-refractivity contribution in [2.75, 3.05) is 11.5 Å². The average molecular weight is 329 g/mol. The van der Waals surface area contributed by atoms with Gasteiger partial charge < -0.3 is 5.73 Å². The summed E-state index contributed by atoms with van der Waals surface area (Å²) in [6.07, 6.45) is 3.08.